The normalized spacial score (nSPS) is 14.1. The Morgan fingerprint density at radius 1 is 1.29 bits per heavy atom. The van der Waals surface area contributed by atoms with Crippen LogP contribution in [0, 0.1) is 5.92 Å². The van der Waals surface area contributed by atoms with Crippen LogP contribution in [0.25, 0.3) is 0 Å². The molecule has 0 nitrogen and oxygen atoms in total. The van der Waals surface area contributed by atoms with Crippen LogP contribution in [-0.4, -0.2) is 18.3 Å². The summed E-state index contributed by atoms with van der Waals surface area (Å²) >= 11 is 0. The molecule has 0 fully saturated rings. The highest BCUT2D eigenvalue weighted by Crippen LogP contribution is 2.10. The molecule has 2 heteroatoms. The van der Waals surface area contributed by atoms with Crippen LogP contribution in [0.1, 0.15) is 26.7 Å². The van der Waals surface area contributed by atoms with E-state index in [4.69, 9.17) is 0 Å². The number of hydrogen-bond donors (Lipinski definition) is 0. The minimum Gasteiger partial charge on any atom is -0.0949 e. The summed E-state index contributed by atoms with van der Waals surface area (Å²) < 4.78 is 0. The molecule has 1 aromatic carbocycles. The van der Waals surface area contributed by atoms with E-state index in [1.165, 1.54) is 18.0 Å². The monoisotopic (exact) mass is 259 g/mol. The van der Waals surface area contributed by atoms with Gasteiger partial charge in [0, 0.05) is 0 Å². The van der Waals surface area contributed by atoms with Crippen molar-refractivity contribution in [1.82, 2.24) is 0 Å². The summed E-state index contributed by atoms with van der Waals surface area (Å²) in [4.78, 5) is 1.71. The fourth-order valence-corrected chi connectivity index (χ4v) is 4.39. The summed E-state index contributed by atoms with van der Waals surface area (Å²) in [5, 5.41) is 1.48. The molecular formula is C15H23Si2. The van der Waals surface area contributed by atoms with E-state index in [0.29, 0.717) is 0 Å². The van der Waals surface area contributed by atoms with Gasteiger partial charge in [-0.3, -0.25) is 0 Å². The SMILES string of the molecule is CCC(C)C/C=C(/[Si]c1ccccc1)[Si](C)C. The van der Waals surface area contributed by atoms with Gasteiger partial charge in [0.1, 0.15) is 9.52 Å². The first-order chi connectivity index (χ1) is 8.13. The van der Waals surface area contributed by atoms with Gasteiger partial charge in [0.25, 0.3) is 0 Å². The lowest BCUT2D eigenvalue weighted by Gasteiger charge is -2.11. The van der Waals surface area contributed by atoms with Gasteiger partial charge in [-0.05, 0) is 12.3 Å². The van der Waals surface area contributed by atoms with Gasteiger partial charge in [-0.2, -0.15) is 0 Å². The molecule has 0 N–H and O–H groups in total. The minimum atomic E-state index is -0.301. The van der Waals surface area contributed by atoms with Gasteiger partial charge in [-0.15, -0.1) is 0 Å². The summed E-state index contributed by atoms with van der Waals surface area (Å²) in [6.45, 7) is 9.44. The predicted molar refractivity (Wildman–Crippen MR) is 81.5 cm³/mol. The average Bonchev–Trinajstić information content (AvgIpc) is 2.34. The standard InChI is InChI=1S/C15H23Si2/c1-5-13(2)11-12-15(17(3)4)16-14-9-7-6-8-10-14/h6-10,12-13H,5,11H2,1-4H3/b15-12-. The molecule has 1 rings (SSSR count). The van der Waals surface area contributed by atoms with E-state index in [1.807, 2.05) is 0 Å². The minimum absolute atomic E-state index is 0.301. The van der Waals surface area contributed by atoms with E-state index >= 15 is 0 Å². The molecule has 0 aliphatic carbocycles. The molecule has 0 saturated carbocycles. The second-order valence-electron chi connectivity index (χ2n) is 4.86. The van der Waals surface area contributed by atoms with Crippen molar-refractivity contribution in [3.05, 3.63) is 41.2 Å². The Labute approximate surface area is 111 Å². The summed E-state index contributed by atoms with van der Waals surface area (Å²) in [5.41, 5.74) is 0. The van der Waals surface area contributed by atoms with Crippen molar-refractivity contribution in [2.75, 3.05) is 0 Å². The first-order valence-corrected chi connectivity index (χ1v) is 9.96. The van der Waals surface area contributed by atoms with E-state index in [1.54, 1.807) is 4.82 Å². The molecule has 91 valence electrons. The maximum Gasteiger partial charge on any atom is 0.110 e. The maximum atomic E-state index is 2.52. The van der Waals surface area contributed by atoms with Gasteiger partial charge in [0.15, 0.2) is 0 Å². The molecule has 0 saturated heterocycles. The van der Waals surface area contributed by atoms with Gasteiger partial charge in [-0.1, -0.05) is 79.8 Å². The van der Waals surface area contributed by atoms with Crippen LogP contribution in [0.15, 0.2) is 41.2 Å². The molecule has 0 heterocycles. The fraction of sp³-hybridized carbons (Fsp3) is 0.467. The van der Waals surface area contributed by atoms with Crippen LogP contribution < -0.4 is 5.19 Å². The van der Waals surface area contributed by atoms with Crippen molar-refractivity contribution >= 4 is 23.5 Å². The molecule has 0 spiro atoms. The molecule has 0 aromatic heterocycles. The Balaban J connectivity index is 2.67. The molecule has 0 amide bonds. The Bertz CT molecular complexity index is 341. The summed E-state index contributed by atoms with van der Waals surface area (Å²) in [5.74, 6) is 0.826. The van der Waals surface area contributed by atoms with Crippen molar-refractivity contribution in [2.45, 2.75) is 39.8 Å². The van der Waals surface area contributed by atoms with Crippen LogP contribution in [0.3, 0.4) is 0 Å². The third kappa shape index (κ3) is 5.51. The van der Waals surface area contributed by atoms with E-state index < -0.39 is 0 Å². The van der Waals surface area contributed by atoms with Crippen molar-refractivity contribution in [2.24, 2.45) is 5.92 Å². The highest BCUT2D eigenvalue weighted by atomic mass is 28.3. The molecule has 0 aliphatic heterocycles. The Morgan fingerprint density at radius 2 is 1.94 bits per heavy atom. The Hall–Kier alpha value is -0.606. The van der Waals surface area contributed by atoms with Gasteiger partial charge in [0.2, 0.25) is 0 Å². The molecule has 1 aromatic rings. The summed E-state index contributed by atoms with van der Waals surface area (Å²) in [6, 6.07) is 10.9. The predicted octanol–water partition coefficient (Wildman–Crippen LogP) is 3.63. The average molecular weight is 260 g/mol. The van der Waals surface area contributed by atoms with Crippen molar-refractivity contribution in [3.8, 4) is 0 Å². The molecule has 17 heavy (non-hydrogen) atoms. The highest BCUT2D eigenvalue weighted by Gasteiger charge is 2.08. The Morgan fingerprint density at radius 3 is 2.47 bits per heavy atom. The van der Waals surface area contributed by atoms with Crippen molar-refractivity contribution in [1.29, 1.82) is 0 Å². The zero-order valence-electron chi connectivity index (χ0n) is 11.5. The topological polar surface area (TPSA) is 0 Å². The van der Waals surface area contributed by atoms with Crippen LogP contribution in [0.5, 0.6) is 0 Å². The van der Waals surface area contributed by atoms with Crippen LogP contribution in [0.2, 0.25) is 13.1 Å². The van der Waals surface area contributed by atoms with Crippen molar-refractivity contribution in [3.63, 3.8) is 0 Å². The molecule has 3 radical (unpaired) electrons. The van der Waals surface area contributed by atoms with Gasteiger partial charge in [0.05, 0.1) is 8.80 Å². The molecular weight excluding hydrogens is 236 g/mol. The molecule has 1 atom stereocenters. The van der Waals surface area contributed by atoms with Crippen molar-refractivity contribution < 1.29 is 0 Å². The fourth-order valence-electron chi connectivity index (χ4n) is 1.54. The van der Waals surface area contributed by atoms with Crippen LogP contribution in [0.4, 0.5) is 0 Å². The molecule has 1 unspecified atom stereocenters. The smallest absolute Gasteiger partial charge is 0.0949 e. The van der Waals surface area contributed by atoms with Gasteiger partial charge < -0.3 is 0 Å². The van der Waals surface area contributed by atoms with E-state index in [-0.39, 0.29) is 8.80 Å². The molecule has 0 bridgehead atoms. The largest absolute Gasteiger partial charge is 0.110 e. The lowest BCUT2D eigenvalue weighted by atomic mass is 10.1. The van der Waals surface area contributed by atoms with E-state index in [0.717, 1.165) is 15.4 Å². The third-order valence-electron chi connectivity index (χ3n) is 3.01. The lowest BCUT2D eigenvalue weighted by Crippen LogP contribution is -2.23. The first-order valence-electron chi connectivity index (χ1n) is 6.46. The van der Waals surface area contributed by atoms with Gasteiger partial charge in [-0.25, -0.2) is 0 Å². The number of rotatable bonds is 6. The number of hydrogen-bond acceptors (Lipinski definition) is 0. The second kappa shape index (κ2) is 7.67. The van der Waals surface area contributed by atoms with Crippen LogP contribution in [-0.2, 0) is 0 Å². The van der Waals surface area contributed by atoms with Crippen LogP contribution >= 0.6 is 0 Å². The lowest BCUT2D eigenvalue weighted by molar-refractivity contribution is 0.572. The van der Waals surface area contributed by atoms with E-state index in [2.05, 4.69) is 63.3 Å². The second-order valence-corrected chi connectivity index (χ2v) is 9.26. The third-order valence-corrected chi connectivity index (χ3v) is 7.26. The maximum absolute atomic E-state index is 2.52. The summed E-state index contributed by atoms with van der Waals surface area (Å²) in [6.07, 6.45) is 5.06. The number of benzene rings is 1. The summed E-state index contributed by atoms with van der Waals surface area (Å²) in [7, 11) is 0.582. The highest BCUT2D eigenvalue weighted by molar-refractivity contribution is 6.84. The number of allylic oxidation sites excluding steroid dienone is 1. The zero-order valence-corrected chi connectivity index (χ0v) is 13.5. The van der Waals surface area contributed by atoms with Gasteiger partial charge >= 0.3 is 0 Å². The quantitative estimate of drug-likeness (QED) is 0.684. The first kappa shape index (κ1) is 14.5. The Kier molecular flexibility index (Phi) is 6.52. The zero-order chi connectivity index (χ0) is 12.7. The molecule has 0 aliphatic rings. The van der Waals surface area contributed by atoms with E-state index in [9.17, 15) is 0 Å².